The van der Waals surface area contributed by atoms with E-state index in [1.807, 2.05) is 0 Å². The van der Waals surface area contributed by atoms with E-state index >= 15 is 0 Å². The van der Waals surface area contributed by atoms with Crippen LogP contribution in [0, 0.1) is 5.82 Å². The number of benzene rings is 1. The average molecular weight is 305 g/mol. The molecule has 3 rings (SSSR count). The molecule has 0 radical (unpaired) electrons. The van der Waals surface area contributed by atoms with Crippen LogP contribution in [-0.4, -0.2) is 30.4 Å². The van der Waals surface area contributed by atoms with E-state index in [0.717, 1.165) is 12.1 Å². The number of halogens is 4. The van der Waals surface area contributed by atoms with E-state index in [9.17, 15) is 22.7 Å². The zero-order chi connectivity index (χ0) is 15.3. The SMILES string of the molecule is OC1(c2ccc(F)cc2C(F)(F)F)CC2COCC(C1)N2. The summed E-state index contributed by atoms with van der Waals surface area (Å²) < 4.78 is 57.9. The lowest BCUT2D eigenvalue weighted by atomic mass is 9.76. The molecule has 0 amide bonds. The summed E-state index contributed by atoms with van der Waals surface area (Å²) in [5.41, 5.74) is -2.98. The Hall–Kier alpha value is -1.18. The number of aliphatic hydroxyl groups is 1. The van der Waals surface area contributed by atoms with Crippen LogP contribution in [0.4, 0.5) is 17.6 Å². The van der Waals surface area contributed by atoms with Crippen LogP contribution in [0.3, 0.4) is 0 Å². The molecule has 21 heavy (non-hydrogen) atoms. The Morgan fingerprint density at radius 2 is 1.81 bits per heavy atom. The van der Waals surface area contributed by atoms with Gasteiger partial charge in [0.2, 0.25) is 0 Å². The van der Waals surface area contributed by atoms with Gasteiger partial charge in [-0.1, -0.05) is 6.07 Å². The Labute approximate surface area is 118 Å². The highest BCUT2D eigenvalue weighted by atomic mass is 19.4. The molecule has 2 bridgehead atoms. The first-order chi connectivity index (χ1) is 9.78. The second-order valence-electron chi connectivity index (χ2n) is 5.73. The Morgan fingerprint density at radius 3 is 2.38 bits per heavy atom. The molecule has 2 unspecified atom stereocenters. The van der Waals surface area contributed by atoms with Crippen LogP contribution in [0.25, 0.3) is 0 Å². The minimum atomic E-state index is -4.70. The van der Waals surface area contributed by atoms with Crippen molar-refractivity contribution in [3.05, 3.63) is 35.1 Å². The fraction of sp³-hybridized carbons (Fsp3) is 0.571. The topological polar surface area (TPSA) is 41.5 Å². The molecule has 2 saturated heterocycles. The van der Waals surface area contributed by atoms with E-state index in [2.05, 4.69) is 5.32 Å². The first-order valence-corrected chi connectivity index (χ1v) is 6.71. The summed E-state index contributed by atoms with van der Waals surface area (Å²) >= 11 is 0. The second kappa shape index (κ2) is 4.93. The second-order valence-corrected chi connectivity index (χ2v) is 5.73. The number of nitrogens with one attached hydrogen (secondary N) is 1. The predicted octanol–water partition coefficient (Wildman–Crippen LogP) is 2.18. The van der Waals surface area contributed by atoms with Crippen molar-refractivity contribution in [1.82, 2.24) is 5.32 Å². The van der Waals surface area contributed by atoms with Crippen molar-refractivity contribution in [3.63, 3.8) is 0 Å². The summed E-state index contributed by atoms with van der Waals surface area (Å²) in [5, 5.41) is 14.0. The van der Waals surface area contributed by atoms with E-state index in [1.165, 1.54) is 0 Å². The molecule has 1 aromatic rings. The molecule has 0 aliphatic carbocycles. The Bertz CT molecular complexity index is 534. The van der Waals surface area contributed by atoms with Crippen LogP contribution < -0.4 is 5.32 Å². The minimum absolute atomic E-state index is 0.109. The number of hydrogen-bond donors (Lipinski definition) is 2. The normalized spacial score (nSPS) is 33.0. The zero-order valence-electron chi connectivity index (χ0n) is 11.1. The van der Waals surface area contributed by atoms with Crippen molar-refractivity contribution >= 4 is 0 Å². The van der Waals surface area contributed by atoms with E-state index < -0.39 is 23.2 Å². The largest absolute Gasteiger partial charge is 0.416 e. The first kappa shape index (κ1) is 14.7. The van der Waals surface area contributed by atoms with Crippen molar-refractivity contribution in [1.29, 1.82) is 0 Å². The van der Waals surface area contributed by atoms with Gasteiger partial charge in [-0.05, 0) is 30.5 Å². The maximum absolute atomic E-state index is 13.2. The summed E-state index contributed by atoms with van der Waals surface area (Å²) in [6, 6.07) is 2.04. The summed E-state index contributed by atoms with van der Waals surface area (Å²) in [6.07, 6.45) is -4.49. The number of piperidine rings is 1. The molecule has 2 N–H and O–H groups in total. The fourth-order valence-corrected chi connectivity index (χ4v) is 3.29. The predicted molar refractivity (Wildman–Crippen MR) is 66.1 cm³/mol. The van der Waals surface area contributed by atoms with Crippen molar-refractivity contribution in [2.75, 3.05) is 13.2 Å². The third-order valence-electron chi connectivity index (χ3n) is 4.07. The molecular formula is C14H15F4NO2. The molecule has 2 aliphatic heterocycles. The van der Waals surface area contributed by atoms with Gasteiger partial charge in [-0.2, -0.15) is 13.2 Å². The van der Waals surface area contributed by atoms with Gasteiger partial charge in [0.1, 0.15) is 5.82 Å². The molecule has 7 heteroatoms. The molecule has 0 aromatic heterocycles. The summed E-state index contributed by atoms with van der Waals surface area (Å²) in [5.74, 6) is -0.966. The van der Waals surface area contributed by atoms with Crippen LogP contribution in [0.15, 0.2) is 18.2 Å². The third kappa shape index (κ3) is 2.77. The lowest BCUT2D eigenvalue weighted by Crippen LogP contribution is -2.58. The van der Waals surface area contributed by atoms with Gasteiger partial charge in [0.05, 0.1) is 24.4 Å². The molecule has 1 aromatic carbocycles. The van der Waals surface area contributed by atoms with Gasteiger partial charge in [-0.3, -0.25) is 0 Å². The van der Waals surface area contributed by atoms with Crippen molar-refractivity contribution in [2.45, 2.75) is 36.7 Å². The number of ether oxygens (including phenoxy) is 1. The van der Waals surface area contributed by atoms with Crippen LogP contribution in [-0.2, 0) is 16.5 Å². The lowest BCUT2D eigenvalue weighted by molar-refractivity contribution is -0.143. The molecule has 2 aliphatic rings. The number of hydrogen-bond acceptors (Lipinski definition) is 3. The van der Waals surface area contributed by atoms with E-state index in [4.69, 9.17) is 4.74 Å². The summed E-state index contributed by atoms with van der Waals surface area (Å²) in [4.78, 5) is 0. The molecule has 0 saturated carbocycles. The molecule has 0 spiro atoms. The molecule has 2 heterocycles. The fourth-order valence-electron chi connectivity index (χ4n) is 3.29. The standard InChI is InChI=1S/C14H15F4NO2/c15-8-1-2-11(12(3-8)14(16,17)18)13(20)4-9-6-21-7-10(5-13)19-9/h1-3,9-10,19-20H,4-7H2. The molecule has 116 valence electrons. The van der Waals surface area contributed by atoms with Crippen LogP contribution in [0.1, 0.15) is 24.0 Å². The molecular weight excluding hydrogens is 290 g/mol. The molecule has 3 nitrogen and oxygen atoms in total. The number of alkyl halides is 3. The van der Waals surface area contributed by atoms with E-state index in [1.54, 1.807) is 0 Å². The van der Waals surface area contributed by atoms with Crippen LogP contribution >= 0.6 is 0 Å². The van der Waals surface area contributed by atoms with Crippen molar-refractivity contribution < 1.29 is 27.4 Å². The van der Waals surface area contributed by atoms with Gasteiger partial charge in [0, 0.05) is 12.1 Å². The van der Waals surface area contributed by atoms with Gasteiger partial charge >= 0.3 is 6.18 Å². The van der Waals surface area contributed by atoms with Crippen molar-refractivity contribution in [3.8, 4) is 0 Å². The average Bonchev–Trinajstić information content (AvgIpc) is 2.36. The highest BCUT2D eigenvalue weighted by molar-refractivity contribution is 5.36. The van der Waals surface area contributed by atoms with Gasteiger partial charge in [-0.15, -0.1) is 0 Å². The highest BCUT2D eigenvalue weighted by Gasteiger charge is 2.46. The van der Waals surface area contributed by atoms with Gasteiger partial charge in [0.15, 0.2) is 0 Å². The quantitative estimate of drug-likeness (QED) is 0.782. The minimum Gasteiger partial charge on any atom is -0.385 e. The first-order valence-electron chi connectivity index (χ1n) is 6.71. The van der Waals surface area contributed by atoms with Gasteiger partial charge in [-0.25, -0.2) is 4.39 Å². The van der Waals surface area contributed by atoms with Crippen molar-refractivity contribution in [2.24, 2.45) is 0 Å². The number of rotatable bonds is 1. The summed E-state index contributed by atoms with van der Waals surface area (Å²) in [6.45, 7) is 0.697. The number of fused-ring (bicyclic) bond motifs is 2. The maximum atomic E-state index is 13.2. The highest BCUT2D eigenvalue weighted by Crippen LogP contribution is 2.43. The molecule has 2 fully saturated rings. The van der Waals surface area contributed by atoms with Crippen LogP contribution in [0.5, 0.6) is 0 Å². The Balaban J connectivity index is 2.03. The molecule has 2 atom stereocenters. The number of morpholine rings is 1. The zero-order valence-corrected chi connectivity index (χ0v) is 11.1. The van der Waals surface area contributed by atoms with Crippen LogP contribution in [0.2, 0.25) is 0 Å². The summed E-state index contributed by atoms with van der Waals surface area (Å²) in [7, 11) is 0. The smallest absolute Gasteiger partial charge is 0.385 e. The maximum Gasteiger partial charge on any atom is 0.416 e. The van der Waals surface area contributed by atoms with Gasteiger partial charge < -0.3 is 15.2 Å². The monoisotopic (exact) mass is 305 g/mol. The van der Waals surface area contributed by atoms with E-state index in [0.29, 0.717) is 19.3 Å². The Morgan fingerprint density at radius 1 is 1.19 bits per heavy atom. The Kier molecular flexibility index (Phi) is 3.46. The van der Waals surface area contributed by atoms with Gasteiger partial charge in [0.25, 0.3) is 0 Å². The third-order valence-corrected chi connectivity index (χ3v) is 4.07. The lowest BCUT2D eigenvalue weighted by Gasteiger charge is -2.45. The van der Waals surface area contributed by atoms with E-state index in [-0.39, 0.29) is 30.5 Å².